The molecule has 8 heteroatoms. The van der Waals surface area contributed by atoms with Crippen molar-refractivity contribution in [2.24, 2.45) is 0 Å². The topological polar surface area (TPSA) is 90.9 Å². The van der Waals surface area contributed by atoms with E-state index < -0.39 is 16.0 Å². The lowest BCUT2D eigenvalue weighted by Gasteiger charge is -2.09. The highest BCUT2D eigenvalue weighted by Gasteiger charge is 2.17. The van der Waals surface area contributed by atoms with Crippen LogP contribution in [0.5, 0.6) is 0 Å². The highest BCUT2D eigenvalue weighted by molar-refractivity contribution is 9.10. The molecule has 0 saturated carbocycles. The summed E-state index contributed by atoms with van der Waals surface area (Å²) >= 11 is 3.06. The Morgan fingerprint density at radius 2 is 2.05 bits per heavy atom. The molecule has 0 radical (unpaired) electrons. The first kappa shape index (κ1) is 14.3. The van der Waals surface area contributed by atoms with Crippen LogP contribution in [0.15, 0.2) is 46.2 Å². The standard InChI is InChI=1S/C14H9BrN4O3/c1-8-2-3-11-9(4-8)14(17-7-16-11)18-5-10(15)13(20)12(6-18)19(21)22/h2-7H,1H3. The van der Waals surface area contributed by atoms with E-state index in [1.807, 2.05) is 25.1 Å². The van der Waals surface area contributed by atoms with E-state index in [9.17, 15) is 14.9 Å². The quantitative estimate of drug-likeness (QED) is 0.517. The molecule has 22 heavy (non-hydrogen) atoms. The first-order chi connectivity index (χ1) is 10.5. The molecule has 0 aliphatic heterocycles. The van der Waals surface area contributed by atoms with Gasteiger partial charge in [-0.05, 0) is 35.0 Å². The second-order valence-corrected chi connectivity index (χ2v) is 5.56. The minimum atomic E-state index is -0.710. The minimum absolute atomic E-state index is 0.0983. The Labute approximate surface area is 132 Å². The number of fused-ring (bicyclic) bond motifs is 1. The molecule has 3 rings (SSSR count). The van der Waals surface area contributed by atoms with Gasteiger partial charge in [0.1, 0.15) is 12.1 Å². The third-order valence-electron chi connectivity index (χ3n) is 3.17. The maximum Gasteiger partial charge on any atom is 0.333 e. The molecule has 3 aromatic rings. The second kappa shape index (κ2) is 5.30. The zero-order chi connectivity index (χ0) is 15.9. The maximum absolute atomic E-state index is 11.8. The van der Waals surface area contributed by atoms with E-state index in [0.29, 0.717) is 11.3 Å². The molecule has 0 aliphatic rings. The zero-order valence-corrected chi connectivity index (χ0v) is 12.9. The Morgan fingerprint density at radius 1 is 1.27 bits per heavy atom. The van der Waals surface area contributed by atoms with Gasteiger partial charge in [-0.15, -0.1) is 0 Å². The van der Waals surface area contributed by atoms with Crippen LogP contribution in [0.3, 0.4) is 0 Å². The Hall–Kier alpha value is -2.61. The number of hydrogen-bond acceptors (Lipinski definition) is 5. The van der Waals surface area contributed by atoms with Crippen molar-refractivity contribution in [1.29, 1.82) is 0 Å². The summed E-state index contributed by atoms with van der Waals surface area (Å²) in [7, 11) is 0. The minimum Gasteiger partial charge on any atom is -0.300 e. The van der Waals surface area contributed by atoms with Gasteiger partial charge in [0.2, 0.25) is 0 Å². The summed E-state index contributed by atoms with van der Waals surface area (Å²) in [5.74, 6) is 0.470. The van der Waals surface area contributed by atoms with Crippen LogP contribution in [-0.2, 0) is 0 Å². The first-order valence-corrected chi connectivity index (χ1v) is 7.04. The average molecular weight is 361 g/mol. The predicted molar refractivity (Wildman–Crippen MR) is 84.2 cm³/mol. The molecule has 0 N–H and O–H groups in total. The van der Waals surface area contributed by atoms with E-state index in [2.05, 4.69) is 25.9 Å². The number of rotatable bonds is 2. The predicted octanol–water partition coefficient (Wildman–Crippen LogP) is 2.76. The molecule has 2 aromatic heterocycles. The van der Waals surface area contributed by atoms with Crippen LogP contribution < -0.4 is 5.43 Å². The number of pyridine rings is 1. The van der Waals surface area contributed by atoms with Gasteiger partial charge in [-0.25, -0.2) is 9.97 Å². The summed E-state index contributed by atoms with van der Waals surface area (Å²) < 4.78 is 1.55. The Kier molecular flexibility index (Phi) is 3.45. The number of aromatic nitrogens is 3. The highest BCUT2D eigenvalue weighted by atomic mass is 79.9. The van der Waals surface area contributed by atoms with Gasteiger partial charge in [-0.1, -0.05) is 11.6 Å². The Balaban J connectivity index is 2.35. The summed E-state index contributed by atoms with van der Waals surface area (Å²) in [6, 6.07) is 5.66. The molecule has 0 amide bonds. The van der Waals surface area contributed by atoms with Crippen molar-refractivity contribution in [3.63, 3.8) is 0 Å². The molecule has 1 aromatic carbocycles. The number of halogens is 1. The van der Waals surface area contributed by atoms with E-state index in [-0.39, 0.29) is 4.47 Å². The lowest BCUT2D eigenvalue weighted by Crippen LogP contribution is -2.13. The van der Waals surface area contributed by atoms with E-state index in [1.165, 1.54) is 17.1 Å². The SMILES string of the molecule is Cc1ccc2ncnc(-n3cc(Br)c(=O)c([N+](=O)[O-])c3)c2c1. The fraction of sp³-hybridized carbons (Fsp3) is 0.0714. The Morgan fingerprint density at radius 3 is 2.77 bits per heavy atom. The van der Waals surface area contributed by atoms with Crippen LogP contribution in [0.25, 0.3) is 16.7 Å². The van der Waals surface area contributed by atoms with Crippen molar-refractivity contribution in [3.05, 3.63) is 67.3 Å². The third-order valence-corrected chi connectivity index (χ3v) is 3.74. The van der Waals surface area contributed by atoms with Crippen molar-refractivity contribution < 1.29 is 4.92 Å². The lowest BCUT2D eigenvalue weighted by atomic mass is 10.1. The molecular weight excluding hydrogens is 352 g/mol. The molecular formula is C14H9BrN4O3. The largest absolute Gasteiger partial charge is 0.333 e. The molecule has 0 aliphatic carbocycles. The van der Waals surface area contributed by atoms with Gasteiger partial charge in [-0.2, -0.15) is 0 Å². The number of nitro groups is 1. The fourth-order valence-electron chi connectivity index (χ4n) is 2.15. The summed E-state index contributed by atoms with van der Waals surface area (Å²) in [5.41, 5.74) is 0.538. The molecule has 110 valence electrons. The highest BCUT2D eigenvalue weighted by Crippen LogP contribution is 2.22. The van der Waals surface area contributed by atoms with Crippen molar-refractivity contribution in [3.8, 4) is 5.82 Å². The van der Waals surface area contributed by atoms with Gasteiger partial charge in [0.25, 0.3) is 5.43 Å². The first-order valence-electron chi connectivity index (χ1n) is 6.25. The maximum atomic E-state index is 11.8. The van der Waals surface area contributed by atoms with Crippen LogP contribution >= 0.6 is 15.9 Å². The summed E-state index contributed by atoms with van der Waals surface area (Å²) in [6.07, 6.45) is 4.00. The van der Waals surface area contributed by atoms with Crippen molar-refractivity contribution in [1.82, 2.24) is 14.5 Å². The zero-order valence-electron chi connectivity index (χ0n) is 11.4. The van der Waals surface area contributed by atoms with Crippen molar-refractivity contribution >= 4 is 32.5 Å². The summed E-state index contributed by atoms with van der Waals surface area (Å²) in [5, 5.41) is 11.8. The van der Waals surface area contributed by atoms with Gasteiger partial charge < -0.3 is 0 Å². The van der Waals surface area contributed by atoms with E-state index in [4.69, 9.17) is 0 Å². The van der Waals surface area contributed by atoms with Gasteiger partial charge >= 0.3 is 5.69 Å². The van der Waals surface area contributed by atoms with Crippen LogP contribution in [0.1, 0.15) is 5.56 Å². The molecule has 7 nitrogen and oxygen atoms in total. The lowest BCUT2D eigenvalue weighted by molar-refractivity contribution is -0.386. The van der Waals surface area contributed by atoms with Crippen molar-refractivity contribution in [2.45, 2.75) is 6.92 Å². The van der Waals surface area contributed by atoms with Crippen LogP contribution in [-0.4, -0.2) is 19.5 Å². The molecule has 0 unspecified atom stereocenters. The third kappa shape index (κ3) is 2.37. The molecule has 0 bridgehead atoms. The second-order valence-electron chi connectivity index (χ2n) is 4.70. The van der Waals surface area contributed by atoms with E-state index in [0.717, 1.165) is 17.1 Å². The van der Waals surface area contributed by atoms with Gasteiger partial charge in [0.15, 0.2) is 0 Å². The van der Waals surface area contributed by atoms with Crippen LogP contribution in [0.4, 0.5) is 5.69 Å². The molecule has 0 fully saturated rings. The van der Waals surface area contributed by atoms with E-state index in [1.54, 1.807) is 0 Å². The molecule has 0 atom stereocenters. The fourth-order valence-corrected chi connectivity index (χ4v) is 2.57. The molecule has 2 heterocycles. The number of hydrogen-bond donors (Lipinski definition) is 0. The van der Waals surface area contributed by atoms with Gasteiger partial charge in [-0.3, -0.25) is 19.5 Å². The number of nitrogens with zero attached hydrogens (tertiary/aromatic N) is 4. The molecule has 0 spiro atoms. The number of aryl methyl sites for hydroxylation is 1. The van der Waals surface area contributed by atoms with E-state index >= 15 is 0 Å². The average Bonchev–Trinajstić information content (AvgIpc) is 2.49. The number of benzene rings is 1. The Bertz CT molecular complexity index is 968. The summed E-state index contributed by atoms with van der Waals surface area (Å²) in [4.78, 5) is 30.5. The van der Waals surface area contributed by atoms with Crippen LogP contribution in [0.2, 0.25) is 0 Å². The normalized spacial score (nSPS) is 10.8. The van der Waals surface area contributed by atoms with Crippen LogP contribution in [0, 0.1) is 17.0 Å². The van der Waals surface area contributed by atoms with Crippen molar-refractivity contribution in [2.75, 3.05) is 0 Å². The monoisotopic (exact) mass is 360 g/mol. The molecule has 0 saturated heterocycles. The summed E-state index contributed by atoms with van der Waals surface area (Å²) in [6.45, 7) is 1.93. The smallest absolute Gasteiger partial charge is 0.300 e. The van der Waals surface area contributed by atoms with Gasteiger partial charge in [0, 0.05) is 11.6 Å². The van der Waals surface area contributed by atoms with Gasteiger partial charge in [0.05, 0.1) is 21.1 Å².